The normalized spacial score (nSPS) is 13.8. The Labute approximate surface area is 246 Å². The van der Waals surface area contributed by atoms with E-state index in [-0.39, 0.29) is 38.8 Å². The van der Waals surface area contributed by atoms with Gasteiger partial charge in [-0.25, -0.2) is 4.57 Å². The molecule has 0 aromatic rings. The Morgan fingerprint density at radius 1 is 0.650 bits per heavy atom. The first-order valence-electron chi connectivity index (χ1n) is 16.5. The van der Waals surface area contributed by atoms with Gasteiger partial charge in [-0.1, -0.05) is 136 Å². The fourth-order valence-electron chi connectivity index (χ4n) is 4.62. The lowest BCUT2D eigenvalue weighted by Gasteiger charge is -2.19. The molecular formula is C31H64NO7P. The predicted octanol–water partition coefficient (Wildman–Crippen LogP) is 8.63. The zero-order chi connectivity index (χ0) is 29.6. The van der Waals surface area contributed by atoms with E-state index >= 15 is 0 Å². The van der Waals surface area contributed by atoms with Crippen LogP contribution >= 0.6 is 7.82 Å². The summed E-state index contributed by atoms with van der Waals surface area (Å²) in [5.74, 6) is -0.380. The maximum Gasteiger partial charge on any atom is 0.472 e. The number of carbonyl (C=O) groups excluding carboxylic acids is 1. The molecule has 0 aliphatic heterocycles. The van der Waals surface area contributed by atoms with E-state index in [9.17, 15) is 14.3 Å². The molecule has 0 saturated heterocycles. The minimum atomic E-state index is -4.23. The van der Waals surface area contributed by atoms with E-state index in [1.54, 1.807) is 0 Å². The van der Waals surface area contributed by atoms with Gasteiger partial charge in [0, 0.05) is 19.6 Å². The average molecular weight is 594 g/mol. The number of unbranched alkanes of at least 4 members (excludes halogenated alkanes) is 19. The average Bonchev–Trinajstić information content (AvgIpc) is 2.93. The molecule has 0 amide bonds. The van der Waals surface area contributed by atoms with E-state index in [1.807, 2.05) is 6.92 Å². The highest BCUT2D eigenvalue weighted by atomic mass is 31.2. The van der Waals surface area contributed by atoms with Crippen molar-refractivity contribution in [2.45, 2.75) is 161 Å². The van der Waals surface area contributed by atoms with Crippen molar-refractivity contribution in [1.82, 2.24) is 0 Å². The standard InChI is InChI=1S/C31H64NO7P/c1-3-5-6-7-8-9-10-11-12-13-14-15-16-17-18-19-20-21-22-23-26-36-28-30(39-31(33)24-4-2)29-38-40(34,35)37-27-25-32/h30H,3-29,32H2,1-2H3,(H,34,35). The number of phosphoric acid groups is 1. The van der Waals surface area contributed by atoms with Crippen LogP contribution in [0.2, 0.25) is 0 Å². The molecule has 240 valence electrons. The van der Waals surface area contributed by atoms with Gasteiger partial charge in [0.2, 0.25) is 0 Å². The Balaban J connectivity index is 3.62. The van der Waals surface area contributed by atoms with Crippen molar-refractivity contribution in [1.29, 1.82) is 0 Å². The monoisotopic (exact) mass is 593 g/mol. The van der Waals surface area contributed by atoms with Crippen molar-refractivity contribution in [2.24, 2.45) is 5.73 Å². The van der Waals surface area contributed by atoms with Gasteiger partial charge in [0.15, 0.2) is 0 Å². The quantitative estimate of drug-likeness (QED) is 0.0452. The third kappa shape index (κ3) is 29.0. The molecule has 0 spiro atoms. The number of phosphoric ester groups is 1. The van der Waals surface area contributed by atoms with Crippen LogP contribution in [0.15, 0.2) is 0 Å². The molecule has 0 saturated carbocycles. The maximum atomic E-state index is 11.9. The van der Waals surface area contributed by atoms with Crippen molar-refractivity contribution in [3.8, 4) is 0 Å². The third-order valence-electron chi connectivity index (χ3n) is 6.99. The first-order chi connectivity index (χ1) is 19.4. The summed E-state index contributed by atoms with van der Waals surface area (Å²) >= 11 is 0. The van der Waals surface area contributed by atoms with Gasteiger partial charge in [0.25, 0.3) is 0 Å². The van der Waals surface area contributed by atoms with Gasteiger partial charge in [-0.3, -0.25) is 13.8 Å². The summed E-state index contributed by atoms with van der Waals surface area (Å²) in [4.78, 5) is 21.5. The van der Waals surface area contributed by atoms with E-state index in [1.165, 1.54) is 116 Å². The molecule has 0 bridgehead atoms. The van der Waals surface area contributed by atoms with Crippen molar-refractivity contribution in [2.75, 3.05) is 33.0 Å². The largest absolute Gasteiger partial charge is 0.472 e. The lowest BCUT2D eigenvalue weighted by molar-refractivity contribution is -0.154. The van der Waals surface area contributed by atoms with Crippen LogP contribution < -0.4 is 5.73 Å². The SMILES string of the molecule is CCCCCCCCCCCCCCCCCCCCCCOCC(COP(=O)(O)OCCN)OC(=O)CCC. The first-order valence-corrected chi connectivity index (χ1v) is 18.0. The van der Waals surface area contributed by atoms with Gasteiger partial charge in [-0.15, -0.1) is 0 Å². The molecular weight excluding hydrogens is 529 g/mol. The fourth-order valence-corrected chi connectivity index (χ4v) is 5.39. The predicted molar refractivity (Wildman–Crippen MR) is 164 cm³/mol. The number of ether oxygens (including phenoxy) is 2. The molecule has 40 heavy (non-hydrogen) atoms. The van der Waals surface area contributed by atoms with Crippen molar-refractivity contribution in [3.05, 3.63) is 0 Å². The summed E-state index contributed by atoms with van der Waals surface area (Å²) < 4.78 is 32.5. The van der Waals surface area contributed by atoms with Crippen LogP contribution in [0.3, 0.4) is 0 Å². The van der Waals surface area contributed by atoms with Gasteiger partial charge in [-0.05, 0) is 12.8 Å². The van der Waals surface area contributed by atoms with Gasteiger partial charge in [-0.2, -0.15) is 0 Å². The molecule has 2 unspecified atom stereocenters. The minimum absolute atomic E-state index is 0.0932. The molecule has 0 aromatic heterocycles. The smallest absolute Gasteiger partial charge is 0.457 e. The van der Waals surface area contributed by atoms with Crippen molar-refractivity contribution < 1.29 is 32.8 Å². The molecule has 0 aliphatic carbocycles. The van der Waals surface area contributed by atoms with Gasteiger partial charge >= 0.3 is 13.8 Å². The zero-order valence-corrected chi connectivity index (χ0v) is 27.0. The van der Waals surface area contributed by atoms with E-state index in [0.29, 0.717) is 13.0 Å². The molecule has 0 fully saturated rings. The van der Waals surface area contributed by atoms with Gasteiger partial charge < -0.3 is 20.1 Å². The number of carbonyl (C=O) groups is 1. The summed E-state index contributed by atoms with van der Waals surface area (Å²) in [5, 5.41) is 0. The zero-order valence-electron chi connectivity index (χ0n) is 26.1. The number of hydrogen-bond donors (Lipinski definition) is 2. The molecule has 0 radical (unpaired) electrons. The van der Waals surface area contributed by atoms with Crippen LogP contribution in [-0.4, -0.2) is 49.9 Å². The summed E-state index contributed by atoms with van der Waals surface area (Å²) in [5.41, 5.74) is 5.28. The summed E-state index contributed by atoms with van der Waals surface area (Å²) in [6, 6.07) is 0. The summed E-state index contributed by atoms with van der Waals surface area (Å²) in [6.07, 6.45) is 27.0. The molecule has 3 N–H and O–H groups in total. The molecule has 0 aromatic carbocycles. The van der Waals surface area contributed by atoms with Crippen molar-refractivity contribution in [3.63, 3.8) is 0 Å². The number of hydrogen-bond acceptors (Lipinski definition) is 7. The molecule has 9 heteroatoms. The topological polar surface area (TPSA) is 117 Å². The highest BCUT2D eigenvalue weighted by Gasteiger charge is 2.25. The minimum Gasteiger partial charge on any atom is -0.457 e. The van der Waals surface area contributed by atoms with E-state index in [0.717, 1.165) is 12.8 Å². The number of esters is 1. The number of rotatable bonds is 32. The third-order valence-corrected chi connectivity index (χ3v) is 7.98. The van der Waals surface area contributed by atoms with Crippen LogP contribution in [0.1, 0.15) is 155 Å². The molecule has 8 nitrogen and oxygen atoms in total. The Morgan fingerprint density at radius 3 is 1.52 bits per heavy atom. The Morgan fingerprint density at radius 2 is 1.10 bits per heavy atom. The van der Waals surface area contributed by atoms with E-state index in [2.05, 4.69) is 6.92 Å². The van der Waals surface area contributed by atoms with Gasteiger partial charge in [0.05, 0.1) is 19.8 Å². The lowest BCUT2D eigenvalue weighted by atomic mass is 10.0. The Hall–Kier alpha value is -0.500. The second kappa shape index (κ2) is 30.0. The van der Waals surface area contributed by atoms with Crippen LogP contribution in [0.25, 0.3) is 0 Å². The van der Waals surface area contributed by atoms with Crippen LogP contribution in [0.4, 0.5) is 0 Å². The second-order valence-electron chi connectivity index (χ2n) is 11.0. The number of nitrogens with two attached hydrogens (primary N) is 1. The maximum absolute atomic E-state index is 11.9. The van der Waals surface area contributed by atoms with Crippen LogP contribution in [0, 0.1) is 0 Å². The Bertz CT molecular complexity index is 594. The Kier molecular flexibility index (Phi) is 29.6. The summed E-state index contributed by atoms with van der Waals surface area (Å²) in [7, 11) is -4.23. The lowest BCUT2D eigenvalue weighted by Crippen LogP contribution is -2.28. The van der Waals surface area contributed by atoms with Crippen molar-refractivity contribution >= 4 is 13.8 Å². The second-order valence-corrected chi connectivity index (χ2v) is 12.5. The van der Waals surface area contributed by atoms with Crippen LogP contribution in [-0.2, 0) is 27.9 Å². The van der Waals surface area contributed by atoms with E-state index < -0.39 is 13.9 Å². The summed E-state index contributed by atoms with van der Waals surface area (Å²) in [6.45, 7) is 4.57. The first kappa shape index (κ1) is 39.5. The van der Waals surface area contributed by atoms with Crippen LogP contribution in [0.5, 0.6) is 0 Å². The fraction of sp³-hybridized carbons (Fsp3) is 0.968. The highest BCUT2D eigenvalue weighted by molar-refractivity contribution is 7.47. The molecule has 0 heterocycles. The molecule has 2 atom stereocenters. The highest BCUT2D eigenvalue weighted by Crippen LogP contribution is 2.43. The van der Waals surface area contributed by atoms with E-state index in [4.69, 9.17) is 24.3 Å². The molecule has 0 aliphatic rings. The molecule has 0 rings (SSSR count). The van der Waals surface area contributed by atoms with Gasteiger partial charge in [0.1, 0.15) is 6.10 Å².